The number of carbonyl (C=O) groups excluding carboxylic acids is 1. The summed E-state index contributed by atoms with van der Waals surface area (Å²) in [6.07, 6.45) is -2.68. The summed E-state index contributed by atoms with van der Waals surface area (Å²) < 4.78 is 49.1. The fourth-order valence-corrected chi connectivity index (χ4v) is 2.96. The summed E-state index contributed by atoms with van der Waals surface area (Å²) in [6.45, 7) is 1.01. The van der Waals surface area contributed by atoms with Crippen LogP contribution in [0.3, 0.4) is 0 Å². The maximum absolute atomic E-state index is 12.7. The Bertz CT molecular complexity index is 892. The SMILES string of the molecule is COc1ccccc1NC(=NC[C@@H]1CCCO1)NC(=O)c1ccc(C(F)(F)F)cc1. The first-order chi connectivity index (χ1) is 14.4. The average molecular weight is 421 g/mol. The Kier molecular flexibility index (Phi) is 6.94. The van der Waals surface area contributed by atoms with Crippen LogP contribution < -0.4 is 15.4 Å². The van der Waals surface area contributed by atoms with Crippen LogP contribution in [0.25, 0.3) is 0 Å². The number of anilines is 1. The molecule has 0 aromatic heterocycles. The van der Waals surface area contributed by atoms with Gasteiger partial charge in [0, 0.05) is 12.2 Å². The molecule has 2 aromatic rings. The molecule has 9 heteroatoms. The van der Waals surface area contributed by atoms with Gasteiger partial charge in [0.25, 0.3) is 5.91 Å². The van der Waals surface area contributed by atoms with Gasteiger partial charge in [0.05, 0.1) is 31.0 Å². The van der Waals surface area contributed by atoms with E-state index in [1.54, 1.807) is 24.3 Å². The highest BCUT2D eigenvalue weighted by molar-refractivity contribution is 6.10. The van der Waals surface area contributed by atoms with E-state index in [9.17, 15) is 18.0 Å². The van der Waals surface area contributed by atoms with E-state index in [4.69, 9.17) is 9.47 Å². The van der Waals surface area contributed by atoms with Crippen molar-refractivity contribution in [1.29, 1.82) is 0 Å². The molecule has 1 atom stereocenters. The molecule has 1 amide bonds. The number of methoxy groups -OCH3 is 1. The van der Waals surface area contributed by atoms with Crippen LogP contribution in [0.1, 0.15) is 28.8 Å². The number of alkyl halides is 3. The quantitative estimate of drug-likeness (QED) is 0.564. The Morgan fingerprint density at radius 2 is 1.93 bits per heavy atom. The molecule has 1 aliphatic rings. The fraction of sp³-hybridized carbons (Fsp3) is 0.333. The van der Waals surface area contributed by atoms with Gasteiger partial charge >= 0.3 is 6.18 Å². The Morgan fingerprint density at radius 1 is 1.20 bits per heavy atom. The van der Waals surface area contributed by atoms with Gasteiger partial charge in [-0.15, -0.1) is 0 Å². The summed E-state index contributed by atoms with van der Waals surface area (Å²) in [7, 11) is 1.52. The third-order valence-electron chi connectivity index (χ3n) is 4.54. The molecule has 30 heavy (non-hydrogen) atoms. The van der Waals surface area contributed by atoms with Gasteiger partial charge in [0.1, 0.15) is 5.75 Å². The Hall–Kier alpha value is -3.07. The van der Waals surface area contributed by atoms with Crippen molar-refractivity contribution in [2.24, 2.45) is 4.99 Å². The Labute approximate surface area is 172 Å². The number of nitrogens with one attached hydrogen (secondary N) is 2. The minimum atomic E-state index is -4.46. The summed E-state index contributed by atoms with van der Waals surface area (Å²) in [4.78, 5) is 17.0. The largest absolute Gasteiger partial charge is 0.495 e. The second-order valence-electron chi connectivity index (χ2n) is 6.68. The molecular weight excluding hydrogens is 399 g/mol. The number of para-hydroxylation sites is 2. The molecule has 1 aliphatic heterocycles. The van der Waals surface area contributed by atoms with E-state index in [-0.39, 0.29) is 17.6 Å². The predicted molar refractivity (Wildman–Crippen MR) is 107 cm³/mol. The fourth-order valence-electron chi connectivity index (χ4n) is 2.96. The van der Waals surface area contributed by atoms with Crippen molar-refractivity contribution in [3.05, 3.63) is 59.7 Å². The van der Waals surface area contributed by atoms with E-state index in [0.717, 1.165) is 37.1 Å². The highest BCUT2D eigenvalue weighted by Crippen LogP contribution is 2.29. The van der Waals surface area contributed by atoms with Gasteiger partial charge in [-0.2, -0.15) is 13.2 Å². The van der Waals surface area contributed by atoms with Crippen LogP contribution in [0.2, 0.25) is 0 Å². The third-order valence-corrected chi connectivity index (χ3v) is 4.54. The molecule has 0 saturated carbocycles. The van der Waals surface area contributed by atoms with Crippen molar-refractivity contribution < 1.29 is 27.4 Å². The second kappa shape index (κ2) is 9.62. The number of guanidine groups is 1. The lowest BCUT2D eigenvalue weighted by Gasteiger charge is -2.15. The van der Waals surface area contributed by atoms with E-state index in [2.05, 4.69) is 15.6 Å². The monoisotopic (exact) mass is 421 g/mol. The number of halogens is 3. The first kappa shape index (κ1) is 21.6. The summed E-state index contributed by atoms with van der Waals surface area (Å²) in [5.74, 6) is 0.114. The molecule has 0 spiro atoms. The van der Waals surface area contributed by atoms with Crippen LogP contribution in [-0.2, 0) is 10.9 Å². The highest BCUT2D eigenvalue weighted by Gasteiger charge is 2.30. The van der Waals surface area contributed by atoms with E-state index >= 15 is 0 Å². The van der Waals surface area contributed by atoms with Crippen molar-refractivity contribution >= 4 is 17.6 Å². The van der Waals surface area contributed by atoms with Crippen molar-refractivity contribution in [3.8, 4) is 5.75 Å². The first-order valence-electron chi connectivity index (χ1n) is 9.41. The maximum atomic E-state index is 12.7. The van der Waals surface area contributed by atoms with Crippen LogP contribution >= 0.6 is 0 Å². The minimum absolute atomic E-state index is 0.0394. The molecule has 1 heterocycles. The summed E-state index contributed by atoms with van der Waals surface area (Å²) in [6, 6.07) is 11.1. The Morgan fingerprint density at radius 3 is 2.57 bits per heavy atom. The van der Waals surface area contributed by atoms with Gasteiger partial charge in [-0.3, -0.25) is 10.1 Å². The summed E-state index contributed by atoms with van der Waals surface area (Å²) >= 11 is 0. The van der Waals surface area contributed by atoms with Crippen LogP contribution in [0.15, 0.2) is 53.5 Å². The number of rotatable bonds is 5. The zero-order valence-electron chi connectivity index (χ0n) is 16.3. The van der Waals surface area contributed by atoms with Crippen molar-refractivity contribution in [3.63, 3.8) is 0 Å². The first-order valence-corrected chi connectivity index (χ1v) is 9.41. The topological polar surface area (TPSA) is 71.9 Å². The molecule has 0 unspecified atom stereocenters. The number of hydrogen-bond donors (Lipinski definition) is 2. The molecular formula is C21H22F3N3O3. The molecule has 3 rings (SSSR count). The minimum Gasteiger partial charge on any atom is -0.495 e. The lowest BCUT2D eigenvalue weighted by atomic mass is 10.1. The number of benzene rings is 2. The maximum Gasteiger partial charge on any atom is 0.416 e. The Balaban J connectivity index is 1.77. The lowest BCUT2D eigenvalue weighted by molar-refractivity contribution is -0.137. The number of hydrogen-bond acceptors (Lipinski definition) is 4. The van der Waals surface area contributed by atoms with Crippen molar-refractivity contribution in [2.75, 3.05) is 25.6 Å². The zero-order valence-corrected chi connectivity index (χ0v) is 16.3. The molecule has 0 aliphatic carbocycles. The van der Waals surface area contributed by atoms with Crippen molar-refractivity contribution in [1.82, 2.24) is 5.32 Å². The number of nitrogens with zero attached hydrogens (tertiary/aromatic N) is 1. The normalized spacial score (nSPS) is 16.9. The van der Waals surface area contributed by atoms with Gasteiger partial charge in [0.15, 0.2) is 0 Å². The van der Waals surface area contributed by atoms with E-state index in [0.29, 0.717) is 24.6 Å². The highest BCUT2D eigenvalue weighted by atomic mass is 19.4. The predicted octanol–water partition coefficient (Wildman–Crippen LogP) is 4.09. The molecule has 1 fully saturated rings. The van der Waals surface area contributed by atoms with Gasteiger partial charge in [0.2, 0.25) is 5.96 Å². The van der Waals surface area contributed by atoms with Gasteiger partial charge in [-0.25, -0.2) is 4.99 Å². The van der Waals surface area contributed by atoms with E-state index in [1.807, 2.05) is 0 Å². The average Bonchev–Trinajstić information content (AvgIpc) is 3.25. The molecule has 0 bridgehead atoms. The molecule has 160 valence electrons. The van der Waals surface area contributed by atoms with E-state index in [1.165, 1.54) is 7.11 Å². The molecule has 2 aromatic carbocycles. The van der Waals surface area contributed by atoms with Crippen molar-refractivity contribution in [2.45, 2.75) is 25.1 Å². The zero-order chi connectivity index (χ0) is 21.6. The van der Waals surface area contributed by atoms with Gasteiger partial charge in [-0.1, -0.05) is 12.1 Å². The molecule has 6 nitrogen and oxygen atoms in total. The summed E-state index contributed by atoms with van der Waals surface area (Å²) in [5, 5.41) is 5.64. The third kappa shape index (κ3) is 5.73. The van der Waals surface area contributed by atoms with E-state index < -0.39 is 17.6 Å². The molecule has 2 N–H and O–H groups in total. The number of ether oxygens (including phenoxy) is 2. The molecule has 0 radical (unpaired) electrons. The summed E-state index contributed by atoms with van der Waals surface area (Å²) in [5.41, 5.74) is -0.160. The number of carbonyl (C=O) groups is 1. The van der Waals surface area contributed by atoms with Crippen LogP contribution in [0.4, 0.5) is 18.9 Å². The smallest absolute Gasteiger partial charge is 0.416 e. The van der Waals surface area contributed by atoms with Gasteiger partial charge in [-0.05, 0) is 49.2 Å². The standard InChI is InChI=1S/C21H22F3N3O3/c1-29-18-7-3-2-6-17(18)26-20(25-13-16-5-4-12-30-16)27-19(28)14-8-10-15(11-9-14)21(22,23)24/h2-3,6-11,16H,4-5,12-13H2,1H3,(H2,25,26,27,28)/t16-/m0/s1. The van der Waals surface area contributed by atoms with Crippen LogP contribution in [0.5, 0.6) is 5.75 Å². The lowest BCUT2D eigenvalue weighted by Crippen LogP contribution is -2.37. The second-order valence-corrected chi connectivity index (χ2v) is 6.68. The van der Waals surface area contributed by atoms with Crippen LogP contribution in [0, 0.1) is 0 Å². The van der Waals surface area contributed by atoms with Crippen LogP contribution in [-0.4, -0.2) is 38.2 Å². The number of aliphatic imine (C=N–C) groups is 1. The number of amides is 1. The van der Waals surface area contributed by atoms with Gasteiger partial charge < -0.3 is 14.8 Å². The molecule has 1 saturated heterocycles.